The molecule has 1 spiro atoms. The van der Waals surface area contributed by atoms with Crippen molar-refractivity contribution in [1.82, 2.24) is 14.9 Å². The summed E-state index contributed by atoms with van der Waals surface area (Å²) in [7, 11) is 0. The summed E-state index contributed by atoms with van der Waals surface area (Å²) in [5.74, 6) is -0.788. The molecule has 0 unspecified atom stereocenters. The maximum Gasteiger partial charge on any atom is 0.429 e. The average molecular weight is 724 g/mol. The molecule has 2 aliphatic heterocycles. The molecule has 1 amide bonds. The maximum absolute atomic E-state index is 14.7. The number of aromatic nitrogens is 2. The minimum atomic E-state index is -4.82. The molecule has 4 aromatic rings. The van der Waals surface area contributed by atoms with Crippen LogP contribution in [0.1, 0.15) is 43.4 Å². The average Bonchev–Trinajstić information content (AvgIpc) is 3.49. The Morgan fingerprint density at radius 2 is 1.67 bits per heavy atom. The number of nitrogens with zero attached hydrogens (tertiary/aromatic N) is 4. The van der Waals surface area contributed by atoms with E-state index in [1.54, 1.807) is 37.3 Å². The molecule has 2 N–H and O–H groups in total. The number of alkyl halides is 3. The number of likely N-dealkylation sites (tertiary alicyclic amines) is 1. The highest BCUT2D eigenvalue weighted by Gasteiger charge is 2.51. The van der Waals surface area contributed by atoms with E-state index in [2.05, 4.69) is 9.97 Å². The second-order valence-corrected chi connectivity index (χ2v) is 13.1. The third kappa shape index (κ3) is 8.30. The van der Waals surface area contributed by atoms with Crippen molar-refractivity contribution >= 4 is 35.4 Å². The first-order valence-corrected chi connectivity index (χ1v) is 16.9. The van der Waals surface area contributed by atoms with Crippen LogP contribution in [-0.4, -0.2) is 65.4 Å². The van der Waals surface area contributed by atoms with Crippen molar-refractivity contribution in [1.29, 1.82) is 0 Å². The number of anilines is 2. The summed E-state index contributed by atoms with van der Waals surface area (Å²) in [6, 6.07) is 22.5. The van der Waals surface area contributed by atoms with Crippen LogP contribution in [0.2, 0.25) is 5.02 Å². The van der Waals surface area contributed by atoms with Gasteiger partial charge in [-0.2, -0.15) is 23.1 Å². The Labute approximate surface area is 298 Å². The molecular formula is C37H37ClF3N5O5. The predicted molar refractivity (Wildman–Crippen MR) is 185 cm³/mol. The van der Waals surface area contributed by atoms with Crippen LogP contribution in [0.15, 0.2) is 84.9 Å². The van der Waals surface area contributed by atoms with E-state index in [0.29, 0.717) is 43.7 Å². The molecule has 6 rings (SSSR count). The molecule has 1 aromatic heterocycles. The number of rotatable bonds is 9. The Morgan fingerprint density at radius 1 is 0.980 bits per heavy atom. The molecule has 3 aromatic carbocycles. The van der Waals surface area contributed by atoms with Gasteiger partial charge in [-0.3, -0.25) is 4.90 Å². The van der Waals surface area contributed by atoms with Crippen molar-refractivity contribution in [3.8, 4) is 17.0 Å². The van der Waals surface area contributed by atoms with Gasteiger partial charge < -0.3 is 24.8 Å². The van der Waals surface area contributed by atoms with Gasteiger partial charge in [0.2, 0.25) is 17.9 Å². The number of piperidine rings is 1. The highest BCUT2D eigenvalue weighted by molar-refractivity contribution is 6.30. The van der Waals surface area contributed by atoms with Crippen LogP contribution < -0.4 is 15.4 Å². The highest BCUT2D eigenvalue weighted by atomic mass is 35.5. The molecule has 10 nitrogen and oxygen atoms in total. The summed E-state index contributed by atoms with van der Waals surface area (Å²) in [5, 5.41) is 0.276. The van der Waals surface area contributed by atoms with E-state index in [4.69, 9.17) is 31.5 Å². The van der Waals surface area contributed by atoms with Gasteiger partial charge in [0.1, 0.15) is 18.5 Å². The zero-order chi connectivity index (χ0) is 36.2. The number of hydrogen-bond donors (Lipinski definition) is 1. The van der Waals surface area contributed by atoms with E-state index < -0.39 is 35.8 Å². The quantitative estimate of drug-likeness (QED) is 0.174. The van der Waals surface area contributed by atoms with Crippen LogP contribution in [-0.2, 0) is 20.9 Å². The molecule has 0 saturated carbocycles. The van der Waals surface area contributed by atoms with Gasteiger partial charge >= 0.3 is 18.2 Å². The summed E-state index contributed by atoms with van der Waals surface area (Å²) in [5.41, 5.74) is 7.08. The molecule has 0 bridgehead atoms. The lowest BCUT2D eigenvalue weighted by Crippen LogP contribution is -2.43. The fourth-order valence-electron chi connectivity index (χ4n) is 6.78. The molecule has 2 fully saturated rings. The molecule has 51 heavy (non-hydrogen) atoms. The zero-order valence-corrected chi connectivity index (χ0v) is 28.6. The SMILES string of the molecule is CCOC(=O)[C@@H]1CC2(CCN(c3cc(O[C@H](c4ccc(Cl)cc4-c4ccccc4)C(F)(F)F)nc(N)n3)CC2)CN1C(=O)OCc1ccccc1. The molecule has 2 aliphatic rings. The van der Waals surface area contributed by atoms with Crippen molar-refractivity contribution in [2.75, 3.05) is 36.9 Å². The van der Waals surface area contributed by atoms with Gasteiger partial charge in [-0.15, -0.1) is 0 Å². The summed E-state index contributed by atoms with van der Waals surface area (Å²) < 4.78 is 60.5. The molecule has 14 heteroatoms. The van der Waals surface area contributed by atoms with Gasteiger partial charge in [-0.05, 0) is 60.4 Å². The van der Waals surface area contributed by atoms with Gasteiger partial charge in [0, 0.05) is 36.3 Å². The first-order chi connectivity index (χ1) is 24.4. The minimum absolute atomic E-state index is 0.0623. The molecule has 0 aliphatic carbocycles. The monoisotopic (exact) mass is 723 g/mol. The summed E-state index contributed by atoms with van der Waals surface area (Å²) in [4.78, 5) is 37.9. The lowest BCUT2D eigenvalue weighted by atomic mass is 9.76. The van der Waals surface area contributed by atoms with E-state index >= 15 is 0 Å². The molecule has 3 heterocycles. The van der Waals surface area contributed by atoms with E-state index in [-0.39, 0.29) is 47.7 Å². The molecule has 2 saturated heterocycles. The Bertz CT molecular complexity index is 1840. The first-order valence-electron chi connectivity index (χ1n) is 16.6. The van der Waals surface area contributed by atoms with Gasteiger partial charge in [0.25, 0.3) is 0 Å². The second-order valence-electron chi connectivity index (χ2n) is 12.7. The molecular weight excluding hydrogens is 687 g/mol. The number of ether oxygens (including phenoxy) is 3. The van der Waals surface area contributed by atoms with Crippen LogP contribution in [0.5, 0.6) is 5.88 Å². The standard InChI is InChI=1S/C37H37ClF3N5O5/c1-2-49-33(47)29-21-36(23-46(29)35(48)50-22-24-9-5-3-6-10-24)15-17-45(18-16-36)30-20-31(44-34(42)43-30)51-32(37(39,40)41)27-14-13-26(38)19-28(27)25-11-7-4-8-12-25/h3-14,19-20,29,32H,2,15-18,21-23H2,1H3,(H2,42,43,44)/t29-,32+/m0/s1. The van der Waals surface area contributed by atoms with Crippen LogP contribution in [0.3, 0.4) is 0 Å². The minimum Gasteiger partial charge on any atom is -0.464 e. The maximum atomic E-state index is 14.7. The third-order valence-electron chi connectivity index (χ3n) is 9.28. The van der Waals surface area contributed by atoms with Crippen LogP contribution in [0.4, 0.5) is 29.7 Å². The number of amides is 1. The second kappa shape index (κ2) is 15.1. The van der Waals surface area contributed by atoms with Gasteiger partial charge in [-0.1, -0.05) is 78.3 Å². The number of carbonyl (C=O) groups is 2. The van der Waals surface area contributed by atoms with Gasteiger partial charge in [-0.25, -0.2) is 9.59 Å². The Morgan fingerprint density at radius 3 is 2.33 bits per heavy atom. The van der Waals surface area contributed by atoms with E-state index in [9.17, 15) is 22.8 Å². The van der Waals surface area contributed by atoms with Crippen LogP contribution in [0, 0.1) is 5.41 Å². The van der Waals surface area contributed by atoms with Crippen molar-refractivity contribution in [3.63, 3.8) is 0 Å². The summed E-state index contributed by atoms with van der Waals surface area (Å²) in [6.45, 7) is 3.08. The Balaban J connectivity index is 1.19. The number of carbonyl (C=O) groups excluding carboxylic acids is 2. The fraction of sp³-hybridized carbons (Fsp3) is 0.351. The summed E-state index contributed by atoms with van der Waals surface area (Å²) >= 11 is 6.20. The van der Waals surface area contributed by atoms with Crippen LogP contribution in [0.25, 0.3) is 11.1 Å². The summed E-state index contributed by atoms with van der Waals surface area (Å²) in [6.07, 6.45) is -6.30. The van der Waals surface area contributed by atoms with Gasteiger partial charge in [0.15, 0.2) is 0 Å². The van der Waals surface area contributed by atoms with Crippen molar-refractivity contribution < 1.29 is 37.0 Å². The van der Waals surface area contributed by atoms with E-state index in [1.807, 2.05) is 35.2 Å². The Hall–Kier alpha value is -5.04. The largest absolute Gasteiger partial charge is 0.464 e. The van der Waals surface area contributed by atoms with Crippen molar-refractivity contribution in [3.05, 3.63) is 101 Å². The lowest BCUT2D eigenvalue weighted by Gasteiger charge is -2.39. The van der Waals surface area contributed by atoms with Crippen LogP contribution >= 0.6 is 11.6 Å². The number of benzene rings is 3. The lowest BCUT2D eigenvalue weighted by molar-refractivity contribution is -0.198. The molecule has 2 atom stereocenters. The van der Waals surface area contributed by atoms with Crippen molar-refractivity contribution in [2.24, 2.45) is 5.41 Å². The van der Waals surface area contributed by atoms with Gasteiger partial charge in [0.05, 0.1) is 6.61 Å². The molecule has 268 valence electrons. The fourth-order valence-corrected chi connectivity index (χ4v) is 6.95. The highest BCUT2D eigenvalue weighted by Crippen LogP contribution is 2.46. The number of nitrogens with two attached hydrogens (primary N) is 1. The smallest absolute Gasteiger partial charge is 0.429 e. The topological polar surface area (TPSA) is 120 Å². The van der Waals surface area contributed by atoms with E-state index in [1.165, 1.54) is 29.2 Å². The third-order valence-corrected chi connectivity index (χ3v) is 9.51. The zero-order valence-electron chi connectivity index (χ0n) is 27.8. The number of esters is 1. The number of nitrogen functional groups attached to an aromatic ring is 1. The normalized spacial score (nSPS) is 17.6. The molecule has 0 radical (unpaired) electrons. The van der Waals surface area contributed by atoms with Crippen molar-refractivity contribution in [2.45, 2.75) is 51.1 Å². The first kappa shape index (κ1) is 35.8. The predicted octanol–water partition coefficient (Wildman–Crippen LogP) is 7.62. The number of halogens is 4. The van der Waals surface area contributed by atoms with E-state index in [0.717, 1.165) is 5.56 Å². The number of hydrogen-bond acceptors (Lipinski definition) is 9. The Kier molecular flexibility index (Phi) is 10.6.